The second-order valence-corrected chi connectivity index (χ2v) is 14.6. The Balaban J connectivity index is 1.38. The summed E-state index contributed by atoms with van der Waals surface area (Å²) in [6.07, 6.45) is 12.6. The SMILES string of the molecule is CCCCCCc1ccc(C2(c3ccc(CCCCCC)cc3)c3cc(N(c4ccccc4)c4ccccc4)ccc3-c3sccc32)cc1. The first kappa shape index (κ1) is 33.1. The number of hydrogen-bond donors (Lipinski definition) is 0. The van der Waals surface area contributed by atoms with Crippen molar-refractivity contribution >= 4 is 28.4 Å². The van der Waals surface area contributed by atoms with Crippen LogP contribution in [-0.4, -0.2) is 0 Å². The number of aryl methyl sites for hydroxylation is 2. The van der Waals surface area contributed by atoms with E-state index in [2.05, 4.69) is 158 Å². The first-order chi connectivity index (χ1) is 24.2. The number of thiophene rings is 1. The van der Waals surface area contributed by atoms with E-state index in [1.54, 1.807) is 0 Å². The molecule has 7 rings (SSSR count). The molecule has 248 valence electrons. The van der Waals surface area contributed by atoms with E-state index < -0.39 is 5.41 Å². The highest BCUT2D eigenvalue weighted by molar-refractivity contribution is 7.14. The van der Waals surface area contributed by atoms with Crippen LogP contribution in [0.2, 0.25) is 0 Å². The van der Waals surface area contributed by atoms with Crippen molar-refractivity contribution in [3.63, 3.8) is 0 Å². The Labute approximate surface area is 298 Å². The molecule has 6 aromatic rings. The second kappa shape index (κ2) is 15.4. The molecule has 0 amide bonds. The van der Waals surface area contributed by atoms with Gasteiger partial charge in [-0.2, -0.15) is 0 Å². The lowest BCUT2D eigenvalue weighted by molar-refractivity contribution is 0.666. The predicted octanol–water partition coefficient (Wildman–Crippen LogP) is 13.8. The van der Waals surface area contributed by atoms with Crippen LogP contribution >= 0.6 is 11.3 Å². The third kappa shape index (κ3) is 6.64. The molecule has 0 bridgehead atoms. The van der Waals surface area contributed by atoms with Crippen LogP contribution in [0.4, 0.5) is 17.1 Å². The number of anilines is 3. The highest BCUT2D eigenvalue weighted by atomic mass is 32.1. The normalized spacial score (nSPS) is 12.9. The zero-order chi connectivity index (χ0) is 33.5. The summed E-state index contributed by atoms with van der Waals surface area (Å²) in [7, 11) is 0. The molecular weight excluding hydrogens is 611 g/mol. The number of benzene rings is 5. The van der Waals surface area contributed by atoms with Gasteiger partial charge in [0.2, 0.25) is 0 Å². The van der Waals surface area contributed by atoms with Gasteiger partial charge in [0.15, 0.2) is 0 Å². The molecule has 0 saturated heterocycles. The standard InChI is InChI=1S/C47H49NS/c1-3-5-7-11-17-36-23-27-38(28-24-36)47(39-29-25-37(26-30-39)18-12-8-6-4-2)44-33-34-49-46(44)43-32-31-42(35-45(43)47)48(40-19-13-9-14-20-40)41-21-15-10-16-22-41/h9-10,13-16,19-35H,3-8,11-12,17-18H2,1-2H3. The molecular formula is C47H49NS. The van der Waals surface area contributed by atoms with Gasteiger partial charge in [-0.1, -0.05) is 143 Å². The smallest absolute Gasteiger partial charge is 0.0722 e. The average Bonchev–Trinajstić information content (AvgIpc) is 3.74. The van der Waals surface area contributed by atoms with Gasteiger partial charge in [0.25, 0.3) is 0 Å². The maximum atomic E-state index is 2.49. The fourth-order valence-corrected chi connectivity index (χ4v) is 8.88. The number of rotatable bonds is 15. The fraction of sp³-hybridized carbons (Fsp3) is 0.277. The molecule has 2 heteroatoms. The van der Waals surface area contributed by atoms with Gasteiger partial charge in [-0.05, 0) is 112 Å². The van der Waals surface area contributed by atoms with E-state index in [9.17, 15) is 0 Å². The minimum Gasteiger partial charge on any atom is -0.310 e. The first-order valence-electron chi connectivity index (χ1n) is 18.6. The molecule has 1 aliphatic carbocycles. The first-order valence-corrected chi connectivity index (χ1v) is 19.4. The minimum absolute atomic E-state index is 0.402. The lowest BCUT2D eigenvalue weighted by Crippen LogP contribution is -2.28. The van der Waals surface area contributed by atoms with E-state index in [-0.39, 0.29) is 0 Å². The van der Waals surface area contributed by atoms with Crippen LogP contribution in [0.5, 0.6) is 0 Å². The lowest BCUT2D eigenvalue weighted by atomic mass is 9.67. The number of unbranched alkanes of at least 4 members (excludes halogenated alkanes) is 6. The van der Waals surface area contributed by atoms with E-state index in [4.69, 9.17) is 0 Å². The summed E-state index contributed by atoms with van der Waals surface area (Å²) in [6, 6.07) is 50.5. The van der Waals surface area contributed by atoms with Crippen molar-refractivity contribution in [2.45, 2.75) is 83.5 Å². The molecule has 1 heterocycles. The molecule has 49 heavy (non-hydrogen) atoms. The number of para-hydroxylation sites is 2. The van der Waals surface area contributed by atoms with Gasteiger partial charge in [0.05, 0.1) is 5.41 Å². The fourth-order valence-electron chi connectivity index (χ4n) is 7.88. The Kier molecular flexibility index (Phi) is 10.4. The Hall–Kier alpha value is -4.40. The summed E-state index contributed by atoms with van der Waals surface area (Å²) in [5, 5.41) is 2.29. The molecule has 1 nitrogen and oxygen atoms in total. The average molecular weight is 660 g/mol. The quantitative estimate of drug-likeness (QED) is 0.0990. The Bertz CT molecular complexity index is 1820. The third-order valence-corrected chi connectivity index (χ3v) is 11.4. The maximum absolute atomic E-state index is 2.49. The van der Waals surface area contributed by atoms with E-state index >= 15 is 0 Å². The lowest BCUT2D eigenvalue weighted by Gasteiger charge is -2.34. The Morgan fingerprint density at radius 1 is 0.490 bits per heavy atom. The second-order valence-electron chi connectivity index (χ2n) is 13.7. The van der Waals surface area contributed by atoms with E-state index in [0.29, 0.717) is 0 Å². The summed E-state index contributed by atoms with van der Waals surface area (Å²) >= 11 is 1.88. The number of hydrogen-bond acceptors (Lipinski definition) is 2. The van der Waals surface area contributed by atoms with Crippen molar-refractivity contribution in [3.8, 4) is 10.4 Å². The van der Waals surface area contributed by atoms with E-state index in [0.717, 1.165) is 24.2 Å². The monoisotopic (exact) mass is 659 g/mol. The molecule has 0 atom stereocenters. The molecule has 0 saturated carbocycles. The molecule has 1 aromatic heterocycles. The largest absolute Gasteiger partial charge is 0.310 e. The van der Waals surface area contributed by atoms with Gasteiger partial charge >= 0.3 is 0 Å². The van der Waals surface area contributed by atoms with Gasteiger partial charge in [0.1, 0.15) is 0 Å². The molecule has 0 unspecified atom stereocenters. The van der Waals surface area contributed by atoms with Gasteiger partial charge in [0, 0.05) is 21.9 Å². The highest BCUT2D eigenvalue weighted by Crippen LogP contribution is 2.59. The van der Waals surface area contributed by atoms with Crippen LogP contribution in [0, 0.1) is 0 Å². The number of nitrogens with zero attached hydrogens (tertiary/aromatic N) is 1. The molecule has 0 spiro atoms. The Morgan fingerprint density at radius 3 is 1.53 bits per heavy atom. The predicted molar refractivity (Wildman–Crippen MR) is 212 cm³/mol. The van der Waals surface area contributed by atoms with Crippen LogP contribution in [0.25, 0.3) is 10.4 Å². The van der Waals surface area contributed by atoms with Crippen molar-refractivity contribution in [1.29, 1.82) is 0 Å². The van der Waals surface area contributed by atoms with Gasteiger partial charge in [-0.3, -0.25) is 0 Å². The van der Waals surface area contributed by atoms with Crippen LogP contribution in [-0.2, 0) is 18.3 Å². The summed E-state index contributed by atoms with van der Waals surface area (Å²) in [5.41, 5.74) is 12.8. The topological polar surface area (TPSA) is 3.24 Å². The Morgan fingerprint density at radius 2 is 1.02 bits per heavy atom. The third-order valence-electron chi connectivity index (χ3n) is 10.4. The summed E-state index contributed by atoms with van der Waals surface area (Å²) in [4.78, 5) is 3.79. The molecule has 0 aliphatic heterocycles. The summed E-state index contributed by atoms with van der Waals surface area (Å²) in [5.74, 6) is 0. The molecule has 0 fully saturated rings. The minimum atomic E-state index is -0.402. The van der Waals surface area contributed by atoms with Crippen LogP contribution in [0.1, 0.15) is 98.6 Å². The molecule has 0 radical (unpaired) electrons. The number of fused-ring (bicyclic) bond motifs is 3. The maximum Gasteiger partial charge on any atom is 0.0722 e. The van der Waals surface area contributed by atoms with Crippen molar-refractivity contribution in [3.05, 3.63) is 172 Å². The van der Waals surface area contributed by atoms with Crippen LogP contribution in [0.3, 0.4) is 0 Å². The van der Waals surface area contributed by atoms with Gasteiger partial charge in [-0.25, -0.2) is 0 Å². The summed E-state index contributed by atoms with van der Waals surface area (Å²) in [6.45, 7) is 4.57. The zero-order valence-corrected chi connectivity index (χ0v) is 30.0. The highest BCUT2D eigenvalue weighted by Gasteiger charge is 2.47. The zero-order valence-electron chi connectivity index (χ0n) is 29.2. The van der Waals surface area contributed by atoms with Crippen LogP contribution < -0.4 is 4.90 Å². The van der Waals surface area contributed by atoms with Gasteiger partial charge < -0.3 is 4.90 Å². The summed E-state index contributed by atoms with van der Waals surface area (Å²) < 4.78 is 0. The van der Waals surface area contributed by atoms with Crippen molar-refractivity contribution < 1.29 is 0 Å². The van der Waals surface area contributed by atoms with Crippen molar-refractivity contribution in [2.24, 2.45) is 0 Å². The molecule has 5 aromatic carbocycles. The van der Waals surface area contributed by atoms with Crippen molar-refractivity contribution in [2.75, 3.05) is 4.90 Å². The molecule has 0 N–H and O–H groups in total. The molecule has 1 aliphatic rings. The van der Waals surface area contributed by atoms with Crippen molar-refractivity contribution in [1.82, 2.24) is 0 Å². The van der Waals surface area contributed by atoms with E-state index in [1.165, 1.54) is 101 Å². The van der Waals surface area contributed by atoms with Gasteiger partial charge in [-0.15, -0.1) is 11.3 Å². The van der Waals surface area contributed by atoms with Crippen LogP contribution in [0.15, 0.2) is 139 Å². The van der Waals surface area contributed by atoms with E-state index in [1.807, 2.05) is 11.3 Å².